The number of rotatable bonds is 5. The van der Waals surface area contributed by atoms with Gasteiger partial charge in [0.2, 0.25) is 5.91 Å². The minimum absolute atomic E-state index is 0.111. The standard InChI is InChI=1S/C18H20N4O2S/c1-4-15-20-16-17(25-15)12(3)21-22(18(16)24)10-14(23)19-9-13-8-6-5-7-11(13)2/h5-8H,4,9-10H2,1-3H3,(H,19,23). The number of thiazole rings is 1. The van der Waals surface area contributed by atoms with E-state index in [0.717, 1.165) is 32.9 Å². The molecule has 0 fully saturated rings. The average Bonchev–Trinajstić information content (AvgIpc) is 3.04. The van der Waals surface area contributed by atoms with Crippen LogP contribution in [0.1, 0.15) is 28.8 Å². The van der Waals surface area contributed by atoms with Gasteiger partial charge in [-0.15, -0.1) is 11.3 Å². The Bertz CT molecular complexity index is 990. The summed E-state index contributed by atoms with van der Waals surface area (Å²) in [5.41, 5.74) is 2.97. The van der Waals surface area contributed by atoms with Crippen molar-refractivity contribution in [2.75, 3.05) is 0 Å². The molecule has 7 heteroatoms. The van der Waals surface area contributed by atoms with E-state index in [1.54, 1.807) is 0 Å². The average molecular weight is 356 g/mol. The first-order valence-electron chi connectivity index (χ1n) is 8.18. The second-order valence-electron chi connectivity index (χ2n) is 5.89. The van der Waals surface area contributed by atoms with Gasteiger partial charge in [-0.05, 0) is 31.4 Å². The summed E-state index contributed by atoms with van der Waals surface area (Å²) >= 11 is 1.49. The largest absolute Gasteiger partial charge is 0.350 e. The summed E-state index contributed by atoms with van der Waals surface area (Å²) < 4.78 is 2.00. The molecular formula is C18H20N4O2S. The lowest BCUT2D eigenvalue weighted by atomic mass is 10.1. The van der Waals surface area contributed by atoms with E-state index >= 15 is 0 Å². The number of fused-ring (bicyclic) bond motifs is 1. The number of carbonyl (C=O) groups is 1. The molecule has 0 aliphatic carbocycles. The van der Waals surface area contributed by atoms with Crippen LogP contribution in [0.25, 0.3) is 10.2 Å². The van der Waals surface area contributed by atoms with Crippen molar-refractivity contribution in [2.45, 2.75) is 40.3 Å². The summed E-state index contributed by atoms with van der Waals surface area (Å²) in [6, 6.07) is 7.86. The normalized spacial score (nSPS) is 11.0. The van der Waals surface area contributed by atoms with Gasteiger partial charge in [0.1, 0.15) is 6.54 Å². The van der Waals surface area contributed by atoms with Crippen LogP contribution in [0, 0.1) is 13.8 Å². The molecule has 1 aromatic carbocycles. The number of nitrogens with zero attached hydrogens (tertiary/aromatic N) is 3. The molecule has 0 saturated heterocycles. The molecule has 1 amide bonds. The molecule has 2 heterocycles. The fraction of sp³-hybridized carbons (Fsp3) is 0.333. The molecule has 0 aliphatic heterocycles. The van der Waals surface area contributed by atoms with E-state index in [0.29, 0.717) is 12.1 Å². The van der Waals surface area contributed by atoms with Crippen LogP contribution in [-0.4, -0.2) is 20.7 Å². The summed E-state index contributed by atoms with van der Waals surface area (Å²) in [5.74, 6) is -0.248. The Balaban J connectivity index is 1.78. The van der Waals surface area contributed by atoms with E-state index in [1.165, 1.54) is 16.0 Å². The number of aromatic nitrogens is 3. The van der Waals surface area contributed by atoms with Crippen LogP contribution in [0.15, 0.2) is 29.1 Å². The van der Waals surface area contributed by atoms with Crippen molar-refractivity contribution in [1.82, 2.24) is 20.1 Å². The molecule has 0 spiro atoms. The maximum atomic E-state index is 12.5. The first-order chi connectivity index (χ1) is 12.0. The van der Waals surface area contributed by atoms with Gasteiger partial charge < -0.3 is 5.32 Å². The molecule has 3 aromatic rings. The smallest absolute Gasteiger partial charge is 0.294 e. The summed E-state index contributed by atoms with van der Waals surface area (Å²) in [5, 5.41) is 8.02. The molecule has 0 bridgehead atoms. The molecule has 130 valence electrons. The fourth-order valence-corrected chi connectivity index (χ4v) is 3.54. The molecule has 0 radical (unpaired) electrons. The highest BCUT2D eigenvalue weighted by atomic mass is 32.1. The maximum Gasteiger partial charge on any atom is 0.294 e. The van der Waals surface area contributed by atoms with Crippen LogP contribution in [0.2, 0.25) is 0 Å². The molecule has 6 nitrogen and oxygen atoms in total. The van der Waals surface area contributed by atoms with Gasteiger partial charge >= 0.3 is 0 Å². The molecule has 0 aliphatic rings. The fourth-order valence-electron chi connectivity index (χ4n) is 2.60. The topological polar surface area (TPSA) is 76.9 Å². The van der Waals surface area contributed by atoms with Crippen molar-refractivity contribution in [1.29, 1.82) is 0 Å². The van der Waals surface area contributed by atoms with E-state index < -0.39 is 0 Å². The van der Waals surface area contributed by atoms with Crippen LogP contribution in [0.3, 0.4) is 0 Å². The second-order valence-corrected chi connectivity index (χ2v) is 6.97. The SMILES string of the molecule is CCc1nc2c(=O)n(CC(=O)NCc3ccccc3C)nc(C)c2s1. The van der Waals surface area contributed by atoms with E-state index in [4.69, 9.17) is 0 Å². The number of amides is 1. The van der Waals surface area contributed by atoms with Crippen molar-refractivity contribution >= 4 is 27.5 Å². The van der Waals surface area contributed by atoms with E-state index in [2.05, 4.69) is 15.4 Å². The lowest BCUT2D eigenvalue weighted by Gasteiger charge is -2.09. The van der Waals surface area contributed by atoms with E-state index in [9.17, 15) is 9.59 Å². The van der Waals surface area contributed by atoms with Gasteiger partial charge in [-0.25, -0.2) is 9.67 Å². The summed E-state index contributed by atoms with van der Waals surface area (Å²) in [4.78, 5) is 29.1. The Hall–Kier alpha value is -2.54. The maximum absolute atomic E-state index is 12.5. The highest BCUT2D eigenvalue weighted by Crippen LogP contribution is 2.21. The third-order valence-electron chi connectivity index (χ3n) is 4.04. The van der Waals surface area contributed by atoms with Crippen LogP contribution < -0.4 is 10.9 Å². The third-order valence-corrected chi connectivity index (χ3v) is 5.35. The highest BCUT2D eigenvalue weighted by molar-refractivity contribution is 7.18. The number of carbonyl (C=O) groups excluding carboxylic acids is 1. The van der Waals surface area contributed by atoms with Gasteiger partial charge in [0.05, 0.1) is 15.4 Å². The molecule has 25 heavy (non-hydrogen) atoms. The second kappa shape index (κ2) is 7.14. The Morgan fingerprint density at radius 1 is 1.28 bits per heavy atom. The van der Waals surface area contributed by atoms with E-state index in [-0.39, 0.29) is 18.0 Å². The predicted molar refractivity (Wildman–Crippen MR) is 98.8 cm³/mol. The predicted octanol–water partition coefficient (Wildman–Crippen LogP) is 2.35. The molecule has 1 N–H and O–H groups in total. The Morgan fingerprint density at radius 2 is 2.04 bits per heavy atom. The van der Waals surface area contributed by atoms with Crippen LogP contribution in [-0.2, 0) is 24.3 Å². The van der Waals surface area contributed by atoms with Crippen molar-refractivity contribution in [3.63, 3.8) is 0 Å². The van der Waals surface area contributed by atoms with Crippen molar-refractivity contribution in [3.8, 4) is 0 Å². The van der Waals surface area contributed by atoms with E-state index in [1.807, 2.05) is 45.0 Å². The van der Waals surface area contributed by atoms with Gasteiger partial charge in [0.25, 0.3) is 5.56 Å². The first kappa shape index (κ1) is 17.3. The molecule has 0 atom stereocenters. The third kappa shape index (κ3) is 3.61. The monoisotopic (exact) mass is 356 g/mol. The molecular weight excluding hydrogens is 336 g/mol. The zero-order valence-corrected chi connectivity index (χ0v) is 15.3. The Labute approximate surface area is 149 Å². The van der Waals surface area contributed by atoms with Crippen LogP contribution >= 0.6 is 11.3 Å². The zero-order chi connectivity index (χ0) is 18.0. The summed E-state index contributed by atoms with van der Waals surface area (Å²) in [6.07, 6.45) is 0.773. The van der Waals surface area contributed by atoms with Gasteiger partial charge in [0, 0.05) is 6.54 Å². The molecule has 2 aromatic heterocycles. The minimum Gasteiger partial charge on any atom is -0.350 e. The molecule has 0 saturated carbocycles. The first-order valence-corrected chi connectivity index (χ1v) is 8.99. The zero-order valence-electron chi connectivity index (χ0n) is 14.5. The van der Waals surface area contributed by atoms with Gasteiger partial charge in [-0.3, -0.25) is 9.59 Å². The van der Waals surface area contributed by atoms with Crippen molar-refractivity contribution in [3.05, 3.63) is 56.4 Å². The lowest BCUT2D eigenvalue weighted by Crippen LogP contribution is -2.34. The van der Waals surface area contributed by atoms with Crippen molar-refractivity contribution < 1.29 is 4.79 Å². The van der Waals surface area contributed by atoms with Crippen molar-refractivity contribution in [2.24, 2.45) is 0 Å². The minimum atomic E-state index is -0.317. The molecule has 3 rings (SSSR count). The number of nitrogens with one attached hydrogen (secondary N) is 1. The number of benzene rings is 1. The van der Waals surface area contributed by atoms with Gasteiger partial charge in [-0.2, -0.15) is 5.10 Å². The van der Waals surface area contributed by atoms with Crippen LogP contribution in [0.4, 0.5) is 0 Å². The molecule has 0 unspecified atom stereocenters. The highest BCUT2D eigenvalue weighted by Gasteiger charge is 2.15. The van der Waals surface area contributed by atoms with Gasteiger partial charge in [0.15, 0.2) is 5.52 Å². The Morgan fingerprint density at radius 3 is 2.76 bits per heavy atom. The summed E-state index contributed by atoms with van der Waals surface area (Å²) in [6.45, 7) is 6.15. The Kier molecular flexibility index (Phi) is 4.94. The summed E-state index contributed by atoms with van der Waals surface area (Å²) in [7, 11) is 0. The lowest BCUT2D eigenvalue weighted by molar-refractivity contribution is -0.122. The quantitative estimate of drug-likeness (QED) is 0.761. The number of hydrogen-bond donors (Lipinski definition) is 1. The number of hydrogen-bond acceptors (Lipinski definition) is 5. The van der Waals surface area contributed by atoms with Gasteiger partial charge in [-0.1, -0.05) is 31.2 Å². The number of aryl methyl sites for hydroxylation is 3. The van der Waals surface area contributed by atoms with Crippen LogP contribution in [0.5, 0.6) is 0 Å².